The highest BCUT2D eigenvalue weighted by Crippen LogP contribution is 2.34. The summed E-state index contributed by atoms with van der Waals surface area (Å²) in [7, 11) is 1.85. The second-order valence-corrected chi connectivity index (χ2v) is 5.08. The Labute approximate surface area is 93.0 Å². The van der Waals surface area contributed by atoms with Crippen LogP contribution in [0.5, 0.6) is 0 Å². The number of hydrogen-bond acceptors (Lipinski definition) is 3. The lowest BCUT2D eigenvalue weighted by Crippen LogP contribution is -2.49. The van der Waals surface area contributed by atoms with Gasteiger partial charge in [0.25, 0.3) is 0 Å². The van der Waals surface area contributed by atoms with Gasteiger partial charge in [-0.25, -0.2) is 0 Å². The van der Waals surface area contributed by atoms with Crippen molar-refractivity contribution in [2.24, 2.45) is 5.92 Å². The highest BCUT2D eigenvalue weighted by molar-refractivity contribution is 4.91. The smallest absolute Gasteiger partial charge is 0.0802 e. The molecule has 1 heterocycles. The molecule has 2 fully saturated rings. The largest absolute Gasteiger partial charge is 0.377 e. The van der Waals surface area contributed by atoms with Crippen molar-refractivity contribution in [3.63, 3.8) is 0 Å². The molecule has 0 bridgehead atoms. The third-order valence-corrected chi connectivity index (χ3v) is 3.98. The third-order valence-electron chi connectivity index (χ3n) is 3.98. The van der Waals surface area contributed by atoms with Crippen molar-refractivity contribution in [2.45, 2.75) is 37.7 Å². The molecule has 2 rings (SSSR count). The molecule has 3 nitrogen and oxygen atoms in total. The first-order valence-electron chi connectivity index (χ1n) is 6.31. The molecule has 1 atom stereocenters. The monoisotopic (exact) mass is 212 g/mol. The minimum absolute atomic E-state index is 0.183. The van der Waals surface area contributed by atoms with Crippen molar-refractivity contribution in [2.75, 3.05) is 33.3 Å². The van der Waals surface area contributed by atoms with Crippen LogP contribution in [0, 0.1) is 5.92 Å². The van der Waals surface area contributed by atoms with Gasteiger partial charge in [0.2, 0.25) is 0 Å². The minimum Gasteiger partial charge on any atom is -0.377 e. The van der Waals surface area contributed by atoms with E-state index in [0.717, 1.165) is 19.0 Å². The second kappa shape index (κ2) is 5.28. The van der Waals surface area contributed by atoms with Crippen LogP contribution >= 0.6 is 0 Å². The van der Waals surface area contributed by atoms with Crippen LogP contribution in [0.4, 0.5) is 0 Å². The Bertz CT molecular complexity index is 181. The number of piperidine rings is 1. The summed E-state index contributed by atoms with van der Waals surface area (Å²) in [5, 5.41) is 7.04. The van der Waals surface area contributed by atoms with E-state index in [0.29, 0.717) is 0 Å². The third kappa shape index (κ3) is 2.92. The number of nitrogens with one attached hydrogen (secondary N) is 2. The average molecular weight is 212 g/mol. The summed E-state index contributed by atoms with van der Waals surface area (Å²) in [6.45, 7) is 4.59. The molecule has 0 spiro atoms. The van der Waals surface area contributed by atoms with Gasteiger partial charge in [0, 0.05) is 13.7 Å². The summed E-state index contributed by atoms with van der Waals surface area (Å²) in [5.74, 6) is 0.827. The molecule has 15 heavy (non-hydrogen) atoms. The molecule has 88 valence electrons. The van der Waals surface area contributed by atoms with Crippen molar-refractivity contribution in [1.29, 1.82) is 0 Å². The van der Waals surface area contributed by atoms with Crippen molar-refractivity contribution < 1.29 is 4.74 Å². The first kappa shape index (κ1) is 11.4. The second-order valence-electron chi connectivity index (χ2n) is 5.08. The minimum atomic E-state index is 0.183. The Hall–Kier alpha value is -0.120. The van der Waals surface area contributed by atoms with E-state index in [2.05, 4.69) is 10.6 Å². The fourth-order valence-electron chi connectivity index (χ4n) is 2.63. The van der Waals surface area contributed by atoms with Crippen molar-refractivity contribution in [3.8, 4) is 0 Å². The Morgan fingerprint density at radius 2 is 2.27 bits per heavy atom. The fraction of sp³-hybridized carbons (Fsp3) is 1.00. The molecule has 0 aromatic rings. The molecule has 2 aliphatic rings. The van der Waals surface area contributed by atoms with Gasteiger partial charge in [-0.2, -0.15) is 0 Å². The van der Waals surface area contributed by atoms with Crippen LogP contribution in [0.3, 0.4) is 0 Å². The summed E-state index contributed by atoms with van der Waals surface area (Å²) in [4.78, 5) is 0. The molecule has 1 saturated heterocycles. The summed E-state index contributed by atoms with van der Waals surface area (Å²) in [5.41, 5.74) is 0.183. The molecule has 2 N–H and O–H groups in total. The predicted octanol–water partition coefficient (Wildman–Crippen LogP) is 1.14. The van der Waals surface area contributed by atoms with E-state index in [4.69, 9.17) is 4.74 Å². The topological polar surface area (TPSA) is 33.3 Å². The van der Waals surface area contributed by atoms with Crippen molar-refractivity contribution in [3.05, 3.63) is 0 Å². The van der Waals surface area contributed by atoms with Gasteiger partial charge in [0.1, 0.15) is 0 Å². The Morgan fingerprint density at radius 1 is 1.40 bits per heavy atom. The summed E-state index contributed by atoms with van der Waals surface area (Å²) in [6, 6.07) is 0. The molecule has 0 aromatic carbocycles. The van der Waals surface area contributed by atoms with Gasteiger partial charge in [0.15, 0.2) is 0 Å². The van der Waals surface area contributed by atoms with Crippen LogP contribution in [-0.4, -0.2) is 38.9 Å². The van der Waals surface area contributed by atoms with Crippen LogP contribution in [0.2, 0.25) is 0 Å². The Morgan fingerprint density at radius 3 is 2.80 bits per heavy atom. The van der Waals surface area contributed by atoms with E-state index in [-0.39, 0.29) is 5.60 Å². The van der Waals surface area contributed by atoms with E-state index < -0.39 is 0 Å². The van der Waals surface area contributed by atoms with Crippen LogP contribution in [0.25, 0.3) is 0 Å². The van der Waals surface area contributed by atoms with Crippen LogP contribution in [0.15, 0.2) is 0 Å². The molecule has 1 unspecified atom stereocenters. The van der Waals surface area contributed by atoms with Gasteiger partial charge < -0.3 is 15.4 Å². The number of hydrogen-bond donors (Lipinski definition) is 2. The first-order chi connectivity index (χ1) is 7.35. The van der Waals surface area contributed by atoms with Gasteiger partial charge in [-0.3, -0.25) is 0 Å². The molecule has 1 aliphatic carbocycles. The van der Waals surface area contributed by atoms with E-state index >= 15 is 0 Å². The number of methoxy groups -OCH3 is 1. The molecule has 1 aliphatic heterocycles. The zero-order valence-electron chi connectivity index (χ0n) is 9.85. The van der Waals surface area contributed by atoms with E-state index in [1.54, 1.807) is 0 Å². The van der Waals surface area contributed by atoms with Crippen LogP contribution in [-0.2, 0) is 4.74 Å². The van der Waals surface area contributed by atoms with E-state index in [9.17, 15) is 0 Å². The predicted molar refractivity (Wildman–Crippen MR) is 62.1 cm³/mol. The Balaban J connectivity index is 1.61. The summed E-state index contributed by atoms with van der Waals surface area (Å²) >= 11 is 0. The number of rotatable bonds is 5. The summed E-state index contributed by atoms with van der Waals surface area (Å²) in [6.07, 6.45) is 6.51. The lowest BCUT2D eigenvalue weighted by atomic mass is 9.80. The normalized spacial score (nSPS) is 29.8. The van der Waals surface area contributed by atoms with Crippen LogP contribution < -0.4 is 10.6 Å². The van der Waals surface area contributed by atoms with Crippen molar-refractivity contribution >= 4 is 0 Å². The Kier molecular flexibility index (Phi) is 4.00. The van der Waals surface area contributed by atoms with Crippen molar-refractivity contribution in [1.82, 2.24) is 10.6 Å². The van der Waals surface area contributed by atoms with Gasteiger partial charge in [-0.15, -0.1) is 0 Å². The highest BCUT2D eigenvalue weighted by Gasteiger charge is 2.36. The average Bonchev–Trinajstić information content (AvgIpc) is 2.24. The maximum atomic E-state index is 5.59. The molecule has 0 amide bonds. The maximum Gasteiger partial charge on any atom is 0.0802 e. The quantitative estimate of drug-likeness (QED) is 0.717. The molecule has 0 radical (unpaired) electrons. The highest BCUT2D eigenvalue weighted by atomic mass is 16.5. The molecule has 3 heteroatoms. The molecular formula is C12H24N2O. The zero-order valence-corrected chi connectivity index (χ0v) is 9.85. The van der Waals surface area contributed by atoms with Gasteiger partial charge in [-0.1, -0.05) is 0 Å². The maximum absolute atomic E-state index is 5.59. The molecule has 0 aromatic heterocycles. The van der Waals surface area contributed by atoms with Crippen LogP contribution in [0.1, 0.15) is 32.1 Å². The SMILES string of the molecule is COC1(CNCC2CCCNC2)CCC1. The van der Waals surface area contributed by atoms with E-state index in [1.807, 2.05) is 7.11 Å². The molecular weight excluding hydrogens is 188 g/mol. The van der Waals surface area contributed by atoms with Gasteiger partial charge in [0.05, 0.1) is 5.60 Å². The molecule has 1 saturated carbocycles. The van der Waals surface area contributed by atoms with E-state index in [1.165, 1.54) is 45.2 Å². The van der Waals surface area contributed by atoms with Gasteiger partial charge in [-0.05, 0) is 57.7 Å². The van der Waals surface area contributed by atoms with Gasteiger partial charge >= 0.3 is 0 Å². The lowest BCUT2D eigenvalue weighted by Gasteiger charge is -2.41. The lowest BCUT2D eigenvalue weighted by molar-refractivity contribution is -0.0697. The summed E-state index contributed by atoms with van der Waals surface area (Å²) < 4.78 is 5.59. The first-order valence-corrected chi connectivity index (χ1v) is 6.31. The zero-order chi connectivity index (χ0) is 10.6. The number of ether oxygens (including phenoxy) is 1. The standard InChI is InChI=1S/C12H24N2O/c1-15-12(5-3-6-12)10-14-9-11-4-2-7-13-8-11/h11,13-14H,2-10H2,1H3. The fourth-order valence-corrected chi connectivity index (χ4v) is 2.63.